The van der Waals surface area contributed by atoms with E-state index >= 15 is 0 Å². The number of H-pyrrole nitrogens is 1. The normalized spacial score (nSPS) is 22.5. The van der Waals surface area contributed by atoms with E-state index in [-0.39, 0.29) is 30.4 Å². The van der Waals surface area contributed by atoms with Gasteiger partial charge in [0.2, 0.25) is 5.91 Å². The second kappa shape index (κ2) is 7.29. The molecule has 0 bridgehead atoms. The Morgan fingerprint density at radius 1 is 1.12 bits per heavy atom. The summed E-state index contributed by atoms with van der Waals surface area (Å²) < 4.78 is 11.5. The van der Waals surface area contributed by atoms with Gasteiger partial charge in [0, 0.05) is 23.4 Å². The van der Waals surface area contributed by atoms with Crippen LogP contribution in [0.3, 0.4) is 0 Å². The molecule has 0 spiro atoms. The molecule has 166 valence electrons. The van der Waals surface area contributed by atoms with Crippen LogP contribution in [0.4, 0.5) is 0 Å². The third-order valence-electron chi connectivity index (χ3n) is 6.58. The Kier molecular flexibility index (Phi) is 4.65. The monoisotopic (exact) mass is 433 g/mol. The van der Waals surface area contributed by atoms with Gasteiger partial charge in [-0.1, -0.05) is 24.3 Å². The summed E-state index contributed by atoms with van der Waals surface area (Å²) >= 11 is 0. The molecule has 7 heteroatoms. The van der Waals surface area contributed by atoms with Crippen molar-refractivity contribution in [1.29, 1.82) is 0 Å². The lowest BCUT2D eigenvalue weighted by Gasteiger charge is -2.48. The molecule has 1 aromatic heterocycles. The summed E-state index contributed by atoms with van der Waals surface area (Å²) in [6.07, 6.45) is 0.0230. The van der Waals surface area contributed by atoms with E-state index in [1.54, 1.807) is 12.0 Å². The topological polar surface area (TPSA) is 83.7 Å². The summed E-state index contributed by atoms with van der Waals surface area (Å²) in [7, 11) is 1.62. The number of carbonyl (C=O) groups excluding carboxylic acids is 2. The molecule has 1 fully saturated rings. The minimum absolute atomic E-state index is 0.0151. The molecule has 2 aliphatic rings. The number of para-hydroxylation sites is 1. The van der Waals surface area contributed by atoms with Crippen LogP contribution in [-0.2, 0) is 15.1 Å². The predicted octanol–water partition coefficient (Wildman–Crippen LogP) is 3.28. The summed E-state index contributed by atoms with van der Waals surface area (Å²) in [5.74, 6) is 0.953. The van der Waals surface area contributed by atoms with Crippen LogP contribution in [-0.4, -0.2) is 48.0 Å². The smallest absolute Gasteiger partial charge is 0.252 e. The zero-order valence-electron chi connectivity index (χ0n) is 18.7. The maximum absolute atomic E-state index is 13.1. The van der Waals surface area contributed by atoms with Gasteiger partial charge in [-0.15, -0.1) is 0 Å². The number of amides is 2. The molecule has 3 aromatic rings. The number of hydrogen-bond acceptors (Lipinski definition) is 4. The first-order valence-corrected chi connectivity index (χ1v) is 10.9. The Balaban J connectivity index is 1.72. The molecule has 2 N–H and O–H groups in total. The summed E-state index contributed by atoms with van der Waals surface area (Å²) in [6, 6.07) is 13.9. The van der Waals surface area contributed by atoms with Crippen LogP contribution in [0.1, 0.15) is 43.5 Å². The Morgan fingerprint density at radius 2 is 1.91 bits per heavy atom. The lowest BCUT2D eigenvalue weighted by molar-refractivity contribution is -0.154. The van der Waals surface area contributed by atoms with Gasteiger partial charge in [0.1, 0.15) is 0 Å². The SMILES string of the molecule is COc1cc([C@@H]2CN3C(=O)CNC(=O)[C@]3(C)c3[nH]c4ccccc4c32)ccc1OC(C)C. The van der Waals surface area contributed by atoms with Crippen molar-refractivity contribution in [2.75, 3.05) is 20.2 Å². The van der Waals surface area contributed by atoms with Gasteiger partial charge < -0.3 is 24.7 Å². The molecule has 1 saturated heterocycles. The van der Waals surface area contributed by atoms with Crippen molar-refractivity contribution < 1.29 is 19.1 Å². The Bertz CT molecular complexity index is 1230. The second-order valence-electron chi connectivity index (χ2n) is 8.85. The molecule has 2 amide bonds. The molecule has 2 atom stereocenters. The third kappa shape index (κ3) is 2.87. The summed E-state index contributed by atoms with van der Waals surface area (Å²) in [6.45, 7) is 6.19. The zero-order chi connectivity index (χ0) is 22.6. The number of piperazine rings is 1. The molecule has 2 aliphatic heterocycles. The largest absolute Gasteiger partial charge is 0.493 e. The maximum Gasteiger partial charge on any atom is 0.252 e. The van der Waals surface area contributed by atoms with Crippen LogP contribution in [0.2, 0.25) is 0 Å². The van der Waals surface area contributed by atoms with E-state index in [0.717, 1.165) is 27.7 Å². The van der Waals surface area contributed by atoms with Crippen molar-refractivity contribution in [3.8, 4) is 11.5 Å². The minimum Gasteiger partial charge on any atom is -0.493 e. The van der Waals surface area contributed by atoms with Crippen LogP contribution in [0, 0.1) is 0 Å². The molecule has 0 unspecified atom stereocenters. The molecule has 2 aromatic carbocycles. The van der Waals surface area contributed by atoms with Crippen LogP contribution in [0.5, 0.6) is 11.5 Å². The second-order valence-corrected chi connectivity index (χ2v) is 8.85. The molecule has 32 heavy (non-hydrogen) atoms. The number of aromatic nitrogens is 1. The predicted molar refractivity (Wildman–Crippen MR) is 121 cm³/mol. The standard InChI is InChI=1S/C25H27N3O4/c1-14(2)32-19-10-9-15(11-20(19)31-4)17-13-28-21(29)12-26-24(30)25(28,3)23-22(17)16-7-5-6-8-18(16)27-23/h5-11,14,17,27H,12-13H2,1-4H3,(H,26,30)/t17-,25-/m0/s1. The number of hydrogen-bond donors (Lipinski definition) is 2. The summed E-state index contributed by atoms with van der Waals surface area (Å²) in [5.41, 5.74) is 2.68. The van der Waals surface area contributed by atoms with Gasteiger partial charge in [-0.25, -0.2) is 0 Å². The van der Waals surface area contributed by atoms with E-state index in [0.29, 0.717) is 18.0 Å². The van der Waals surface area contributed by atoms with Crippen molar-refractivity contribution >= 4 is 22.7 Å². The molecular weight excluding hydrogens is 406 g/mol. The van der Waals surface area contributed by atoms with Crippen molar-refractivity contribution in [2.24, 2.45) is 0 Å². The quantitative estimate of drug-likeness (QED) is 0.662. The average molecular weight is 434 g/mol. The molecule has 0 aliphatic carbocycles. The number of aromatic amines is 1. The fourth-order valence-corrected chi connectivity index (χ4v) is 5.04. The van der Waals surface area contributed by atoms with Gasteiger partial charge >= 0.3 is 0 Å². The molecule has 3 heterocycles. The number of fused-ring (bicyclic) bond motifs is 5. The first kappa shape index (κ1) is 20.4. The molecule has 0 saturated carbocycles. The van der Waals surface area contributed by atoms with E-state index < -0.39 is 5.54 Å². The molecule has 0 radical (unpaired) electrons. The van der Waals surface area contributed by atoms with Gasteiger partial charge in [-0.3, -0.25) is 9.59 Å². The van der Waals surface area contributed by atoms with Gasteiger partial charge in [0.25, 0.3) is 5.91 Å². The van der Waals surface area contributed by atoms with Crippen molar-refractivity contribution in [3.05, 3.63) is 59.3 Å². The average Bonchev–Trinajstić information content (AvgIpc) is 3.17. The highest BCUT2D eigenvalue weighted by atomic mass is 16.5. The van der Waals surface area contributed by atoms with Gasteiger partial charge in [-0.2, -0.15) is 0 Å². The Labute approximate surface area is 186 Å². The molecular formula is C25H27N3O4. The Hall–Kier alpha value is -3.48. The minimum atomic E-state index is -1.08. The fourth-order valence-electron chi connectivity index (χ4n) is 5.04. The highest BCUT2D eigenvalue weighted by Gasteiger charge is 2.53. The van der Waals surface area contributed by atoms with Crippen molar-refractivity contribution in [1.82, 2.24) is 15.2 Å². The molecule has 5 rings (SSSR count). The van der Waals surface area contributed by atoms with Crippen LogP contribution >= 0.6 is 0 Å². The highest BCUT2D eigenvalue weighted by Crippen LogP contribution is 2.47. The van der Waals surface area contributed by atoms with Gasteiger partial charge in [0.15, 0.2) is 17.0 Å². The number of nitrogens with one attached hydrogen (secondary N) is 2. The highest BCUT2D eigenvalue weighted by molar-refractivity contribution is 6.01. The lowest BCUT2D eigenvalue weighted by atomic mass is 9.76. The maximum atomic E-state index is 13.1. The van der Waals surface area contributed by atoms with E-state index in [1.165, 1.54) is 0 Å². The number of benzene rings is 2. The number of nitrogens with zero attached hydrogens (tertiary/aromatic N) is 1. The van der Waals surface area contributed by atoms with Crippen LogP contribution < -0.4 is 14.8 Å². The number of ether oxygens (including phenoxy) is 2. The summed E-state index contributed by atoms with van der Waals surface area (Å²) in [4.78, 5) is 31.2. The van der Waals surface area contributed by atoms with Gasteiger partial charge in [0.05, 0.1) is 25.5 Å². The number of rotatable bonds is 4. The first-order chi connectivity index (χ1) is 15.3. The first-order valence-electron chi connectivity index (χ1n) is 10.9. The van der Waals surface area contributed by atoms with Crippen LogP contribution in [0.25, 0.3) is 10.9 Å². The van der Waals surface area contributed by atoms with Gasteiger partial charge in [-0.05, 0) is 50.1 Å². The van der Waals surface area contributed by atoms with Crippen molar-refractivity contribution in [3.63, 3.8) is 0 Å². The number of methoxy groups -OCH3 is 1. The van der Waals surface area contributed by atoms with E-state index in [9.17, 15) is 9.59 Å². The summed E-state index contributed by atoms with van der Waals surface area (Å²) in [5, 5.41) is 3.82. The third-order valence-corrected chi connectivity index (χ3v) is 6.58. The fraction of sp³-hybridized carbons (Fsp3) is 0.360. The molecule has 7 nitrogen and oxygen atoms in total. The van der Waals surface area contributed by atoms with E-state index in [1.807, 2.05) is 57.2 Å². The number of carbonyl (C=O) groups is 2. The van der Waals surface area contributed by atoms with E-state index in [4.69, 9.17) is 9.47 Å². The van der Waals surface area contributed by atoms with Crippen molar-refractivity contribution in [2.45, 2.75) is 38.3 Å². The Morgan fingerprint density at radius 3 is 2.66 bits per heavy atom. The lowest BCUT2D eigenvalue weighted by Crippen LogP contribution is -2.66. The van der Waals surface area contributed by atoms with Crippen LogP contribution in [0.15, 0.2) is 42.5 Å². The van der Waals surface area contributed by atoms with E-state index in [2.05, 4.69) is 16.4 Å². The zero-order valence-corrected chi connectivity index (χ0v) is 18.7.